The second-order valence-electron chi connectivity index (χ2n) is 5.71. The summed E-state index contributed by atoms with van der Waals surface area (Å²) in [7, 11) is 0. The van der Waals surface area contributed by atoms with E-state index < -0.39 is 0 Å². The van der Waals surface area contributed by atoms with Gasteiger partial charge in [-0.3, -0.25) is 4.79 Å². The SMILES string of the molecule is Cc1cc(C)nc(Sc2ccc(NC(=O)c3cccc(C#N)c3)cc2)n1. The number of carbonyl (C=O) groups excluding carboxylic acids is 1. The lowest BCUT2D eigenvalue weighted by molar-refractivity contribution is 0.102. The molecule has 0 atom stereocenters. The van der Waals surface area contributed by atoms with Crippen LogP contribution in [0.3, 0.4) is 0 Å². The van der Waals surface area contributed by atoms with E-state index in [2.05, 4.69) is 15.3 Å². The molecule has 0 unspecified atom stereocenters. The van der Waals surface area contributed by atoms with Crippen molar-refractivity contribution in [1.82, 2.24) is 9.97 Å². The molecule has 0 spiro atoms. The van der Waals surface area contributed by atoms with E-state index in [1.165, 1.54) is 11.8 Å². The van der Waals surface area contributed by atoms with Crippen LogP contribution in [-0.2, 0) is 0 Å². The number of carbonyl (C=O) groups is 1. The van der Waals surface area contributed by atoms with Crippen molar-refractivity contribution in [3.8, 4) is 6.07 Å². The third kappa shape index (κ3) is 4.47. The van der Waals surface area contributed by atoms with Gasteiger partial charge in [-0.2, -0.15) is 5.26 Å². The maximum absolute atomic E-state index is 12.3. The molecule has 0 fully saturated rings. The number of aryl methyl sites for hydroxylation is 2. The number of nitriles is 1. The number of anilines is 1. The normalized spacial score (nSPS) is 10.2. The maximum Gasteiger partial charge on any atom is 0.255 e. The lowest BCUT2D eigenvalue weighted by Crippen LogP contribution is -2.11. The van der Waals surface area contributed by atoms with E-state index in [9.17, 15) is 4.79 Å². The fourth-order valence-corrected chi connectivity index (χ4v) is 3.25. The first-order valence-corrected chi connectivity index (χ1v) is 8.77. The van der Waals surface area contributed by atoms with E-state index in [1.54, 1.807) is 24.3 Å². The minimum absolute atomic E-state index is 0.250. The monoisotopic (exact) mass is 360 g/mol. The highest BCUT2D eigenvalue weighted by Gasteiger charge is 2.08. The van der Waals surface area contributed by atoms with Crippen LogP contribution in [0.2, 0.25) is 0 Å². The van der Waals surface area contributed by atoms with Gasteiger partial charge in [-0.25, -0.2) is 9.97 Å². The first-order valence-electron chi connectivity index (χ1n) is 7.95. The van der Waals surface area contributed by atoms with Crippen LogP contribution in [0.4, 0.5) is 5.69 Å². The minimum Gasteiger partial charge on any atom is -0.322 e. The van der Waals surface area contributed by atoms with Crippen LogP contribution in [-0.4, -0.2) is 15.9 Å². The molecule has 0 saturated heterocycles. The van der Waals surface area contributed by atoms with Crippen molar-refractivity contribution in [2.24, 2.45) is 0 Å². The van der Waals surface area contributed by atoms with E-state index in [1.807, 2.05) is 50.2 Å². The van der Waals surface area contributed by atoms with E-state index in [0.29, 0.717) is 22.0 Å². The van der Waals surface area contributed by atoms with Gasteiger partial charge in [-0.05, 0) is 74.1 Å². The highest BCUT2D eigenvalue weighted by molar-refractivity contribution is 7.99. The number of rotatable bonds is 4. The molecule has 0 aliphatic rings. The van der Waals surface area contributed by atoms with Crippen LogP contribution < -0.4 is 5.32 Å². The van der Waals surface area contributed by atoms with Crippen LogP contribution >= 0.6 is 11.8 Å². The number of hydrogen-bond donors (Lipinski definition) is 1. The Morgan fingerprint density at radius 3 is 2.38 bits per heavy atom. The Morgan fingerprint density at radius 2 is 1.73 bits per heavy atom. The standard InChI is InChI=1S/C20H16N4OS/c1-13-10-14(2)23-20(22-13)26-18-8-6-17(7-9-18)24-19(25)16-5-3-4-15(11-16)12-21/h3-11H,1-2H3,(H,24,25). The Labute approximate surface area is 156 Å². The van der Waals surface area contributed by atoms with Crippen molar-refractivity contribution in [3.63, 3.8) is 0 Å². The van der Waals surface area contributed by atoms with Gasteiger partial charge >= 0.3 is 0 Å². The Kier molecular flexibility index (Phi) is 5.30. The summed E-state index contributed by atoms with van der Waals surface area (Å²) in [6.45, 7) is 3.89. The molecular weight excluding hydrogens is 344 g/mol. The van der Waals surface area contributed by atoms with Gasteiger partial charge in [0.15, 0.2) is 5.16 Å². The zero-order chi connectivity index (χ0) is 18.5. The smallest absolute Gasteiger partial charge is 0.255 e. The molecule has 2 aromatic carbocycles. The Balaban J connectivity index is 1.69. The van der Waals surface area contributed by atoms with Crippen LogP contribution in [0.5, 0.6) is 0 Å². The molecule has 1 aromatic heterocycles. The molecule has 6 heteroatoms. The van der Waals surface area contributed by atoms with Crippen molar-refractivity contribution < 1.29 is 4.79 Å². The summed E-state index contributed by atoms with van der Waals surface area (Å²) in [6.07, 6.45) is 0. The third-order valence-corrected chi connectivity index (χ3v) is 4.41. The van der Waals surface area contributed by atoms with Gasteiger partial charge in [0.25, 0.3) is 5.91 Å². The van der Waals surface area contributed by atoms with Crippen LogP contribution in [0.15, 0.2) is 64.6 Å². The van der Waals surface area contributed by atoms with Crippen molar-refractivity contribution in [2.75, 3.05) is 5.32 Å². The van der Waals surface area contributed by atoms with Crippen molar-refractivity contribution in [1.29, 1.82) is 5.26 Å². The average molecular weight is 360 g/mol. The topological polar surface area (TPSA) is 78.7 Å². The second-order valence-corrected chi connectivity index (χ2v) is 6.75. The molecule has 0 bridgehead atoms. The van der Waals surface area contributed by atoms with E-state index in [0.717, 1.165) is 16.3 Å². The summed E-state index contributed by atoms with van der Waals surface area (Å²) in [6, 6.07) is 18.0. The molecule has 1 N–H and O–H groups in total. The zero-order valence-electron chi connectivity index (χ0n) is 14.4. The zero-order valence-corrected chi connectivity index (χ0v) is 15.2. The molecule has 1 heterocycles. The van der Waals surface area contributed by atoms with Gasteiger partial charge in [0.2, 0.25) is 0 Å². The quantitative estimate of drug-likeness (QED) is 0.699. The number of nitrogens with one attached hydrogen (secondary N) is 1. The molecule has 26 heavy (non-hydrogen) atoms. The summed E-state index contributed by atoms with van der Waals surface area (Å²) in [4.78, 5) is 22.1. The number of nitrogens with zero attached hydrogens (tertiary/aromatic N) is 3. The van der Waals surface area contributed by atoms with E-state index in [4.69, 9.17) is 5.26 Å². The summed E-state index contributed by atoms with van der Waals surface area (Å²) in [5, 5.41) is 12.5. The molecule has 0 aliphatic carbocycles. The number of amides is 1. The first kappa shape index (κ1) is 17.6. The minimum atomic E-state index is -0.250. The third-order valence-electron chi connectivity index (χ3n) is 3.54. The van der Waals surface area contributed by atoms with Crippen molar-refractivity contribution in [3.05, 3.63) is 77.1 Å². The van der Waals surface area contributed by atoms with Gasteiger partial charge in [-0.1, -0.05) is 6.07 Å². The summed E-state index contributed by atoms with van der Waals surface area (Å²) in [5.41, 5.74) is 3.46. The van der Waals surface area contributed by atoms with Crippen molar-refractivity contribution >= 4 is 23.4 Å². The Bertz CT molecular complexity index is 973. The lowest BCUT2D eigenvalue weighted by atomic mass is 10.1. The molecule has 5 nitrogen and oxygen atoms in total. The Morgan fingerprint density at radius 1 is 1.04 bits per heavy atom. The van der Waals surface area contributed by atoms with Gasteiger partial charge < -0.3 is 5.32 Å². The maximum atomic E-state index is 12.3. The molecule has 128 valence electrons. The summed E-state index contributed by atoms with van der Waals surface area (Å²) >= 11 is 1.47. The predicted molar refractivity (Wildman–Crippen MR) is 101 cm³/mol. The largest absolute Gasteiger partial charge is 0.322 e. The predicted octanol–water partition coefficient (Wildman–Crippen LogP) is 4.37. The van der Waals surface area contributed by atoms with E-state index >= 15 is 0 Å². The van der Waals surface area contributed by atoms with Crippen molar-refractivity contribution in [2.45, 2.75) is 23.9 Å². The van der Waals surface area contributed by atoms with Gasteiger partial charge in [-0.15, -0.1) is 0 Å². The highest BCUT2D eigenvalue weighted by atomic mass is 32.2. The van der Waals surface area contributed by atoms with Gasteiger partial charge in [0.1, 0.15) is 0 Å². The summed E-state index contributed by atoms with van der Waals surface area (Å²) < 4.78 is 0. The fourth-order valence-electron chi connectivity index (χ4n) is 2.38. The Hall–Kier alpha value is -3.17. The molecule has 0 aliphatic heterocycles. The average Bonchev–Trinajstić information content (AvgIpc) is 2.62. The molecule has 0 saturated carbocycles. The summed E-state index contributed by atoms with van der Waals surface area (Å²) in [5.74, 6) is -0.250. The van der Waals surface area contributed by atoms with Crippen LogP contribution in [0.25, 0.3) is 0 Å². The van der Waals surface area contributed by atoms with Gasteiger partial charge in [0.05, 0.1) is 11.6 Å². The first-order chi connectivity index (χ1) is 12.5. The van der Waals surface area contributed by atoms with Crippen LogP contribution in [0.1, 0.15) is 27.3 Å². The second kappa shape index (κ2) is 7.81. The van der Waals surface area contributed by atoms with Gasteiger partial charge in [0, 0.05) is 27.5 Å². The van der Waals surface area contributed by atoms with E-state index in [-0.39, 0.29) is 5.91 Å². The number of hydrogen-bond acceptors (Lipinski definition) is 5. The molecule has 3 aromatic rings. The molecule has 3 rings (SSSR count). The fraction of sp³-hybridized carbons (Fsp3) is 0.100. The molecular formula is C20H16N4OS. The molecule has 1 amide bonds. The number of benzene rings is 2. The lowest BCUT2D eigenvalue weighted by Gasteiger charge is -2.07. The van der Waals surface area contributed by atoms with Crippen LogP contribution in [0, 0.1) is 25.2 Å². The highest BCUT2D eigenvalue weighted by Crippen LogP contribution is 2.26. The molecule has 0 radical (unpaired) electrons. The number of aromatic nitrogens is 2.